The molecule has 10 nitrogen and oxygen atoms in total. The third kappa shape index (κ3) is 7.71. The molecule has 0 radical (unpaired) electrons. The van der Waals surface area contributed by atoms with E-state index in [2.05, 4.69) is 4.72 Å². The standard InChI is InChI=1S/C32H39NO9S/c1-7-39-26-20-25(31(34)38-6)29(42-27-13-8-9-18-40-27)28(30(26)41-23-12-10-11-22(19-23)37-5)33-43(35,36)24-16-14-21(15-17-24)32(2,3)4/h10-12,14-17,19-20,27,33H,7-9,13,18H2,1-6H3. The van der Waals surface area contributed by atoms with Gasteiger partial charge in [0, 0.05) is 18.6 Å². The molecule has 0 spiro atoms. The quantitative estimate of drug-likeness (QED) is 0.236. The van der Waals surface area contributed by atoms with Crippen LogP contribution in [-0.4, -0.2) is 48.1 Å². The van der Waals surface area contributed by atoms with Crippen molar-refractivity contribution >= 4 is 21.7 Å². The molecule has 232 valence electrons. The summed E-state index contributed by atoms with van der Waals surface area (Å²) in [6, 6.07) is 14.8. The molecule has 1 fully saturated rings. The number of hydrogen-bond acceptors (Lipinski definition) is 9. The Bertz CT molecular complexity index is 1520. The highest BCUT2D eigenvalue weighted by atomic mass is 32.2. The molecule has 0 saturated carbocycles. The minimum absolute atomic E-state index is 0.00845. The predicted octanol–water partition coefficient (Wildman–Crippen LogP) is 6.68. The highest BCUT2D eigenvalue weighted by Gasteiger charge is 2.32. The van der Waals surface area contributed by atoms with E-state index < -0.39 is 22.3 Å². The Kier molecular flexibility index (Phi) is 10.1. The van der Waals surface area contributed by atoms with Gasteiger partial charge >= 0.3 is 5.97 Å². The lowest BCUT2D eigenvalue weighted by Crippen LogP contribution is -2.27. The maximum absolute atomic E-state index is 13.9. The highest BCUT2D eigenvalue weighted by molar-refractivity contribution is 7.92. The van der Waals surface area contributed by atoms with Gasteiger partial charge in [0.25, 0.3) is 10.0 Å². The molecular weight excluding hydrogens is 574 g/mol. The molecule has 1 aliphatic heterocycles. The van der Waals surface area contributed by atoms with Gasteiger partial charge in [0.15, 0.2) is 23.5 Å². The van der Waals surface area contributed by atoms with E-state index in [4.69, 9.17) is 28.4 Å². The fourth-order valence-corrected chi connectivity index (χ4v) is 5.58. The van der Waals surface area contributed by atoms with E-state index in [0.717, 1.165) is 18.4 Å². The molecule has 1 unspecified atom stereocenters. The van der Waals surface area contributed by atoms with Crippen LogP contribution in [0.4, 0.5) is 5.69 Å². The Morgan fingerprint density at radius 1 is 1.00 bits per heavy atom. The number of methoxy groups -OCH3 is 2. The summed E-state index contributed by atoms with van der Waals surface area (Å²) < 4.78 is 65.0. The summed E-state index contributed by atoms with van der Waals surface area (Å²) in [5.41, 5.74) is 0.607. The number of sulfonamides is 1. The Hall–Kier alpha value is -3.96. The number of carbonyl (C=O) groups is 1. The van der Waals surface area contributed by atoms with E-state index >= 15 is 0 Å². The Morgan fingerprint density at radius 2 is 1.72 bits per heavy atom. The fraction of sp³-hybridized carbons (Fsp3) is 0.406. The van der Waals surface area contributed by atoms with Crippen LogP contribution in [0.3, 0.4) is 0 Å². The minimum Gasteiger partial charge on any atom is -0.497 e. The number of nitrogens with one attached hydrogen (secondary N) is 1. The van der Waals surface area contributed by atoms with E-state index in [1.807, 2.05) is 20.8 Å². The molecule has 1 atom stereocenters. The van der Waals surface area contributed by atoms with Gasteiger partial charge < -0.3 is 28.4 Å². The summed E-state index contributed by atoms with van der Waals surface area (Å²) in [6.45, 7) is 8.55. The van der Waals surface area contributed by atoms with Crippen molar-refractivity contribution in [2.45, 2.75) is 63.6 Å². The predicted molar refractivity (Wildman–Crippen MR) is 162 cm³/mol. The third-order valence-corrected chi connectivity index (χ3v) is 8.18. The first kappa shape index (κ1) is 32.0. The Morgan fingerprint density at radius 3 is 2.33 bits per heavy atom. The topological polar surface area (TPSA) is 119 Å². The van der Waals surface area contributed by atoms with E-state index in [0.29, 0.717) is 24.5 Å². The number of anilines is 1. The van der Waals surface area contributed by atoms with Crippen LogP contribution in [0.25, 0.3) is 0 Å². The van der Waals surface area contributed by atoms with Gasteiger partial charge in [-0.05, 0) is 55.0 Å². The van der Waals surface area contributed by atoms with Crippen LogP contribution in [0.15, 0.2) is 59.5 Å². The lowest BCUT2D eigenvalue weighted by molar-refractivity contribution is -0.105. The van der Waals surface area contributed by atoms with Crippen molar-refractivity contribution in [3.63, 3.8) is 0 Å². The minimum atomic E-state index is -4.23. The SMILES string of the molecule is CCOc1cc(C(=O)OC)c(OC2CCCCO2)c(NS(=O)(=O)c2ccc(C(C)(C)C)cc2)c1Oc1cccc(OC)c1. The first-order valence-corrected chi connectivity index (χ1v) is 15.6. The molecule has 1 saturated heterocycles. The second-order valence-electron chi connectivity index (χ2n) is 11.0. The van der Waals surface area contributed by atoms with Crippen molar-refractivity contribution < 1.29 is 41.6 Å². The number of benzene rings is 3. The van der Waals surface area contributed by atoms with Crippen LogP contribution in [0.1, 0.15) is 62.9 Å². The maximum Gasteiger partial charge on any atom is 0.341 e. The number of hydrogen-bond donors (Lipinski definition) is 1. The summed E-state index contributed by atoms with van der Waals surface area (Å²) in [6.07, 6.45) is 1.51. The number of esters is 1. The van der Waals surface area contributed by atoms with Crippen LogP contribution in [0.5, 0.6) is 28.7 Å². The molecule has 1 N–H and O–H groups in total. The van der Waals surface area contributed by atoms with E-state index in [-0.39, 0.29) is 45.4 Å². The van der Waals surface area contributed by atoms with Crippen molar-refractivity contribution in [2.75, 3.05) is 32.2 Å². The molecule has 3 aromatic rings. The van der Waals surface area contributed by atoms with Crippen LogP contribution in [0.2, 0.25) is 0 Å². The molecule has 43 heavy (non-hydrogen) atoms. The number of ether oxygens (including phenoxy) is 6. The van der Waals surface area contributed by atoms with Crippen molar-refractivity contribution in [3.8, 4) is 28.7 Å². The lowest BCUT2D eigenvalue weighted by Gasteiger charge is -2.27. The number of carbonyl (C=O) groups excluding carboxylic acids is 1. The van der Waals surface area contributed by atoms with Gasteiger partial charge in [-0.15, -0.1) is 0 Å². The molecule has 1 aliphatic rings. The molecule has 0 amide bonds. The van der Waals surface area contributed by atoms with Crippen molar-refractivity contribution in [2.24, 2.45) is 0 Å². The van der Waals surface area contributed by atoms with E-state index in [1.165, 1.54) is 32.4 Å². The van der Waals surface area contributed by atoms with Crippen LogP contribution in [-0.2, 0) is 24.9 Å². The van der Waals surface area contributed by atoms with E-state index in [1.54, 1.807) is 43.3 Å². The van der Waals surface area contributed by atoms with E-state index in [9.17, 15) is 13.2 Å². The lowest BCUT2D eigenvalue weighted by atomic mass is 9.87. The summed E-state index contributed by atoms with van der Waals surface area (Å²) in [4.78, 5) is 13.1. The second-order valence-corrected chi connectivity index (χ2v) is 12.6. The van der Waals surface area contributed by atoms with Gasteiger partial charge in [-0.25, -0.2) is 13.2 Å². The molecule has 0 aromatic heterocycles. The summed E-state index contributed by atoms with van der Waals surface area (Å²) >= 11 is 0. The van der Waals surface area contributed by atoms with Gasteiger partial charge in [-0.3, -0.25) is 4.72 Å². The molecular formula is C32H39NO9S. The monoisotopic (exact) mass is 613 g/mol. The average molecular weight is 614 g/mol. The van der Waals surface area contributed by atoms with Crippen LogP contribution >= 0.6 is 0 Å². The molecule has 0 aliphatic carbocycles. The van der Waals surface area contributed by atoms with Crippen LogP contribution < -0.4 is 23.7 Å². The Balaban J connectivity index is 1.93. The molecule has 1 heterocycles. The van der Waals surface area contributed by atoms with Gasteiger partial charge in [-0.1, -0.05) is 39.0 Å². The smallest absolute Gasteiger partial charge is 0.341 e. The van der Waals surface area contributed by atoms with Gasteiger partial charge in [0.1, 0.15) is 22.7 Å². The first-order chi connectivity index (χ1) is 20.5. The second kappa shape index (κ2) is 13.6. The third-order valence-electron chi connectivity index (χ3n) is 6.82. The average Bonchev–Trinajstić information content (AvgIpc) is 2.99. The molecule has 0 bridgehead atoms. The fourth-order valence-electron chi connectivity index (χ4n) is 4.51. The molecule has 4 rings (SSSR count). The molecule has 3 aromatic carbocycles. The first-order valence-electron chi connectivity index (χ1n) is 14.1. The normalized spacial score (nSPS) is 15.3. The zero-order chi connectivity index (χ0) is 31.2. The van der Waals surface area contributed by atoms with Crippen LogP contribution in [0, 0.1) is 0 Å². The van der Waals surface area contributed by atoms with Crippen molar-refractivity contribution in [1.82, 2.24) is 0 Å². The van der Waals surface area contributed by atoms with Gasteiger partial charge in [0.05, 0.1) is 32.3 Å². The zero-order valence-electron chi connectivity index (χ0n) is 25.4. The van der Waals surface area contributed by atoms with Crippen molar-refractivity contribution in [3.05, 3.63) is 65.7 Å². The van der Waals surface area contributed by atoms with Crippen molar-refractivity contribution in [1.29, 1.82) is 0 Å². The molecule has 11 heteroatoms. The number of rotatable bonds is 11. The van der Waals surface area contributed by atoms with Gasteiger partial charge in [0.2, 0.25) is 0 Å². The maximum atomic E-state index is 13.9. The zero-order valence-corrected chi connectivity index (χ0v) is 26.2. The summed E-state index contributed by atoms with van der Waals surface area (Å²) in [5, 5.41) is 0. The summed E-state index contributed by atoms with van der Waals surface area (Å²) in [5.74, 6) is 0.0901. The summed E-state index contributed by atoms with van der Waals surface area (Å²) in [7, 11) is -1.48. The Labute approximate surface area is 253 Å². The largest absolute Gasteiger partial charge is 0.497 e. The van der Waals surface area contributed by atoms with Gasteiger partial charge in [-0.2, -0.15) is 0 Å². The highest BCUT2D eigenvalue weighted by Crippen LogP contribution is 2.49.